The predicted octanol–water partition coefficient (Wildman–Crippen LogP) is 2.35. The number of likely N-dealkylation sites (tertiary alicyclic amines) is 1. The van der Waals surface area contributed by atoms with Crippen molar-refractivity contribution < 1.29 is 9.59 Å². The van der Waals surface area contributed by atoms with E-state index in [4.69, 9.17) is 11.6 Å². The molecule has 0 bridgehead atoms. The summed E-state index contributed by atoms with van der Waals surface area (Å²) in [5.41, 5.74) is 1.18. The van der Waals surface area contributed by atoms with Crippen LogP contribution in [-0.4, -0.2) is 62.9 Å². The van der Waals surface area contributed by atoms with Gasteiger partial charge >= 0.3 is 6.03 Å². The number of nitrogens with zero attached hydrogens (tertiary/aromatic N) is 3. The van der Waals surface area contributed by atoms with Gasteiger partial charge in [-0.25, -0.2) is 9.78 Å². The number of halogens is 1. The van der Waals surface area contributed by atoms with Crippen LogP contribution in [0.5, 0.6) is 0 Å². The summed E-state index contributed by atoms with van der Waals surface area (Å²) in [5, 5.41) is 4.55. The van der Waals surface area contributed by atoms with Crippen LogP contribution < -0.4 is 10.9 Å². The molecule has 1 aliphatic heterocycles. The molecule has 1 saturated heterocycles. The molecule has 9 nitrogen and oxygen atoms in total. The minimum absolute atomic E-state index is 0.130. The lowest BCUT2D eigenvalue weighted by atomic mass is 10.0. The van der Waals surface area contributed by atoms with Gasteiger partial charge in [-0.15, -0.1) is 0 Å². The van der Waals surface area contributed by atoms with Gasteiger partial charge < -0.3 is 25.1 Å². The van der Waals surface area contributed by atoms with Crippen LogP contribution in [0.4, 0.5) is 4.79 Å². The number of urea groups is 1. The van der Waals surface area contributed by atoms with Crippen LogP contribution in [0.3, 0.4) is 0 Å². The van der Waals surface area contributed by atoms with E-state index in [0.717, 1.165) is 29.4 Å². The summed E-state index contributed by atoms with van der Waals surface area (Å²) in [6.07, 6.45) is 4.28. The molecule has 1 aliphatic rings. The zero-order chi connectivity index (χ0) is 22.0. The lowest BCUT2D eigenvalue weighted by Crippen LogP contribution is -2.53. The highest BCUT2D eigenvalue weighted by molar-refractivity contribution is 6.31. The summed E-state index contributed by atoms with van der Waals surface area (Å²) in [5.74, 6) is -0.419. The molecule has 1 fully saturated rings. The number of benzene rings is 1. The average Bonchev–Trinajstić information content (AvgIpc) is 3.19. The number of fused-ring (bicyclic) bond motifs is 1. The maximum atomic E-state index is 12.7. The Morgan fingerprint density at radius 3 is 3.00 bits per heavy atom. The first-order chi connectivity index (χ1) is 14.9. The molecule has 0 radical (unpaired) electrons. The number of carbonyl (C=O) groups is 2. The zero-order valence-electron chi connectivity index (χ0n) is 17.0. The molecule has 162 valence electrons. The van der Waals surface area contributed by atoms with Gasteiger partial charge in [0.1, 0.15) is 0 Å². The maximum absolute atomic E-state index is 12.7. The van der Waals surface area contributed by atoms with Crippen molar-refractivity contribution in [1.82, 2.24) is 30.1 Å². The number of carbonyl (C=O) groups excluding carboxylic acids is 2. The van der Waals surface area contributed by atoms with E-state index in [0.29, 0.717) is 24.7 Å². The molecule has 1 aromatic carbocycles. The van der Waals surface area contributed by atoms with Gasteiger partial charge in [0.05, 0.1) is 12.6 Å². The van der Waals surface area contributed by atoms with Gasteiger partial charge in [-0.2, -0.15) is 0 Å². The van der Waals surface area contributed by atoms with E-state index in [-0.39, 0.29) is 17.8 Å². The van der Waals surface area contributed by atoms with Gasteiger partial charge in [-0.1, -0.05) is 11.6 Å². The van der Waals surface area contributed by atoms with E-state index in [1.54, 1.807) is 16.8 Å². The van der Waals surface area contributed by atoms with Crippen molar-refractivity contribution in [3.63, 3.8) is 0 Å². The molecule has 0 aliphatic carbocycles. The average molecular weight is 443 g/mol. The number of likely N-dealkylation sites (N-methyl/N-ethyl adjacent to an activating group) is 1. The first-order valence-corrected chi connectivity index (χ1v) is 10.4. The van der Waals surface area contributed by atoms with Gasteiger partial charge in [0.2, 0.25) is 0 Å². The molecule has 4 rings (SSSR count). The number of hydrogen-bond acceptors (Lipinski definition) is 4. The first-order valence-electron chi connectivity index (χ1n) is 10.0. The molecular formula is C21H23ClN6O3. The van der Waals surface area contributed by atoms with Crippen molar-refractivity contribution in [3.8, 4) is 0 Å². The smallest absolute Gasteiger partial charge is 0.317 e. The topological polar surface area (TPSA) is 114 Å². The van der Waals surface area contributed by atoms with Crippen LogP contribution in [0.2, 0.25) is 5.02 Å². The van der Waals surface area contributed by atoms with E-state index >= 15 is 0 Å². The molecule has 3 heterocycles. The van der Waals surface area contributed by atoms with Crippen molar-refractivity contribution in [1.29, 1.82) is 0 Å². The Morgan fingerprint density at radius 1 is 1.35 bits per heavy atom. The lowest BCUT2D eigenvalue weighted by molar-refractivity contribution is 0.0628. The minimum atomic E-state index is -0.514. The monoisotopic (exact) mass is 442 g/mol. The highest BCUT2D eigenvalue weighted by Crippen LogP contribution is 2.20. The fourth-order valence-corrected chi connectivity index (χ4v) is 4.01. The van der Waals surface area contributed by atoms with Crippen molar-refractivity contribution >= 4 is 34.4 Å². The summed E-state index contributed by atoms with van der Waals surface area (Å²) in [6, 6.07) is 7.15. The zero-order valence-corrected chi connectivity index (χ0v) is 17.8. The summed E-state index contributed by atoms with van der Waals surface area (Å²) in [7, 11) is 1.71. The summed E-state index contributed by atoms with van der Waals surface area (Å²) < 4.78 is 0. The summed E-state index contributed by atoms with van der Waals surface area (Å²) >= 11 is 6.02. The van der Waals surface area contributed by atoms with E-state index in [1.165, 1.54) is 12.4 Å². The van der Waals surface area contributed by atoms with Gasteiger partial charge in [0, 0.05) is 54.2 Å². The third kappa shape index (κ3) is 4.56. The third-order valence-electron chi connectivity index (χ3n) is 5.53. The maximum Gasteiger partial charge on any atom is 0.317 e. The standard InChI is InChI=1S/C21H23ClN6O3/c1-27(21(31)25-11-15-10-13-9-14(22)4-5-17(13)26-15)16-3-2-8-28(12-16)20(30)18-19(29)24-7-6-23-18/h4-7,9-10,16,26H,2-3,8,11-12H2,1H3,(H,24,29)(H,25,31)/t16-/m1/s1. The Balaban J connectivity index is 1.37. The molecule has 0 spiro atoms. The molecule has 3 aromatic rings. The SMILES string of the molecule is CN(C(=O)NCc1cc2cc(Cl)ccc2[nH]1)[C@@H]1CCCN(C(=O)c2ncc[nH]c2=O)C1. The van der Waals surface area contributed by atoms with Gasteiger partial charge in [0.15, 0.2) is 5.69 Å². The van der Waals surface area contributed by atoms with E-state index in [9.17, 15) is 14.4 Å². The van der Waals surface area contributed by atoms with Crippen LogP contribution in [0.1, 0.15) is 29.0 Å². The lowest BCUT2D eigenvalue weighted by Gasteiger charge is -2.37. The molecule has 3 amide bonds. The molecule has 10 heteroatoms. The number of piperidine rings is 1. The van der Waals surface area contributed by atoms with Gasteiger partial charge in [0.25, 0.3) is 11.5 Å². The highest BCUT2D eigenvalue weighted by atomic mass is 35.5. The Kier molecular flexibility index (Phi) is 5.94. The number of aromatic amines is 2. The number of aromatic nitrogens is 3. The first kappa shape index (κ1) is 20.9. The minimum Gasteiger partial charge on any atom is -0.357 e. The highest BCUT2D eigenvalue weighted by Gasteiger charge is 2.30. The molecule has 0 saturated carbocycles. The Labute approximate surface area is 183 Å². The van der Waals surface area contributed by atoms with E-state index < -0.39 is 11.5 Å². The van der Waals surface area contributed by atoms with Crippen LogP contribution in [0.25, 0.3) is 10.9 Å². The number of rotatable bonds is 4. The van der Waals surface area contributed by atoms with Crippen LogP contribution in [0.15, 0.2) is 41.5 Å². The predicted molar refractivity (Wildman–Crippen MR) is 117 cm³/mol. The largest absolute Gasteiger partial charge is 0.357 e. The fraction of sp³-hybridized carbons (Fsp3) is 0.333. The third-order valence-corrected chi connectivity index (χ3v) is 5.77. The fourth-order valence-electron chi connectivity index (χ4n) is 3.83. The molecule has 1 atom stereocenters. The summed E-state index contributed by atoms with van der Waals surface area (Å²) in [4.78, 5) is 50.1. The van der Waals surface area contributed by atoms with Crippen LogP contribution >= 0.6 is 11.6 Å². The van der Waals surface area contributed by atoms with Crippen molar-refractivity contribution in [2.45, 2.75) is 25.4 Å². The number of H-pyrrole nitrogens is 2. The molecule has 31 heavy (non-hydrogen) atoms. The quantitative estimate of drug-likeness (QED) is 0.575. The molecule has 2 aromatic heterocycles. The van der Waals surface area contributed by atoms with E-state index in [1.807, 2.05) is 24.3 Å². The molecule has 0 unspecified atom stereocenters. The second kappa shape index (κ2) is 8.81. The number of nitrogens with one attached hydrogen (secondary N) is 3. The number of amides is 3. The van der Waals surface area contributed by atoms with Crippen molar-refractivity contribution in [2.24, 2.45) is 0 Å². The Bertz CT molecular complexity index is 1170. The normalized spacial score (nSPS) is 16.3. The Hall–Kier alpha value is -3.33. The Morgan fingerprint density at radius 2 is 2.19 bits per heavy atom. The van der Waals surface area contributed by atoms with Gasteiger partial charge in [-0.05, 0) is 37.1 Å². The second-order valence-corrected chi connectivity index (χ2v) is 8.05. The van der Waals surface area contributed by atoms with Crippen molar-refractivity contribution in [3.05, 3.63) is 63.4 Å². The molecule has 3 N–H and O–H groups in total. The van der Waals surface area contributed by atoms with Crippen LogP contribution in [-0.2, 0) is 6.54 Å². The molecular weight excluding hydrogens is 420 g/mol. The summed E-state index contributed by atoms with van der Waals surface area (Å²) in [6.45, 7) is 1.22. The van der Waals surface area contributed by atoms with Crippen LogP contribution in [0, 0.1) is 0 Å². The second-order valence-electron chi connectivity index (χ2n) is 7.61. The van der Waals surface area contributed by atoms with Gasteiger partial charge in [-0.3, -0.25) is 9.59 Å². The van der Waals surface area contributed by atoms with Crippen molar-refractivity contribution in [2.75, 3.05) is 20.1 Å². The number of hydrogen-bond donors (Lipinski definition) is 3. The van der Waals surface area contributed by atoms with E-state index in [2.05, 4.69) is 20.3 Å².